The van der Waals surface area contributed by atoms with E-state index < -0.39 is 0 Å². The Morgan fingerprint density at radius 1 is 1.03 bits per heavy atom. The van der Waals surface area contributed by atoms with Gasteiger partial charge < -0.3 is 20.1 Å². The van der Waals surface area contributed by atoms with Gasteiger partial charge in [-0.1, -0.05) is 24.6 Å². The van der Waals surface area contributed by atoms with Gasteiger partial charge in [-0.3, -0.25) is 9.59 Å². The van der Waals surface area contributed by atoms with Crippen molar-refractivity contribution < 1.29 is 19.1 Å². The summed E-state index contributed by atoms with van der Waals surface area (Å²) in [4.78, 5) is 30.4. The zero-order chi connectivity index (χ0) is 23.8. The molecule has 9 heteroatoms. The van der Waals surface area contributed by atoms with E-state index in [9.17, 15) is 9.59 Å². The van der Waals surface area contributed by atoms with Crippen molar-refractivity contribution >= 4 is 46.7 Å². The Hall–Kier alpha value is -3.23. The zero-order valence-electron chi connectivity index (χ0n) is 18.4. The average Bonchev–Trinajstić information content (AvgIpc) is 2.83. The molecule has 0 aliphatic rings. The lowest BCUT2D eigenvalue weighted by Crippen LogP contribution is -2.25. The molecule has 0 saturated carbocycles. The fourth-order valence-corrected chi connectivity index (χ4v) is 4.10. The van der Waals surface area contributed by atoms with E-state index in [1.165, 1.54) is 32.2 Å². The van der Waals surface area contributed by atoms with Gasteiger partial charge >= 0.3 is 0 Å². The van der Waals surface area contributed by atoms with Crippen LogP contribution >= 0.6 is 23.4 Å². The number of hydrogen-bond donors (Lipinski definition) is 2. The first kappa shape index (κ1) is 24.4. The number of carbonyl (C=O) groups excluding carboxylic acids is 2. The minimum absolute atomic E-state index is 0.155. The molecule has 1 atom stereocenters. The summed E-state index contributed by atoms with van der Waals surface area (Å²) in [5.41, 5.74) is 1.06. The number of amides is 2. The number of nitrogens with one attached hydrogen (secondary N) is 2. The van der Waals surface area contributed by atoms with Crippen LogP contribution in [0.4, 0.5) is 11.5 Å². The molecule has 0 aliphatic carbocycles. The summed E-state index contributed by atoms with van der Waals surface area (Å²) in [6.07, 6.45) is 2.10. The van der Waals surface area contributed by atoms with Gasteiger partial charge in [-0.2, -0.15) is 0 Å². The van der Waals surface area contributed by atoms with Crippen molar-refractivity contribution in [2.45, 2.75) is 23.5 Å². The maximum Gasteiger partial charge on any atom is 0.255 e. The predicted molar refractivity (Wildman–Crippen MR) is 132 cm³/mol. The van der Waals surface area contributed by atoms with E-state index in [-0.39, 0.29) is 17.1 Å². The Balaban J connectivity index is 1.67. The van der Waals surface area contributed by atoms with E-state index in [2.05, 4.69) is 15.6 Å². The van der Waals surface area contributed by atoms with E-state index in [1.54, 1.807) is 36.4 Å². The van der Waals surface area contributed by atoms with Crippen molar-refractivity contribution in [1.29, 1.82) is 0 Å². The summed E-state index contributed by atoms with van der Waals surface area (Å²) in [7, 11) is 3.06. The number of nitrogens with zero attached hydrogens (tertiary/aromatic N) is 1. The molecule has 0 spiro atoms. The van der Waals surface area contributed by atoms with Crippen molar-refractivity contribution in [3.63, 3.8) is 0 Å². The number of halogens is 1. The molecule has 0 bridgehead atoms. The number of aromatic nitrogens is 1. The summed E-state index contributed by atoms with van der Waals surface area (Å²) in [6.45, 7) is 1.94. The molecule has 3 aromatic rings. The lowest BCUT2D eigenvalue weighted by Gasteiger charge is -2.15. The molecule has 1 heterocycles. The summed E-state index contributed by atoms with van der Waals surface area (Å²) < 4.78 is 10.5. The molecular formula is C24H24ClN3O4S. The lowest BCUT2D eigenvalue weighted by atomic mass is 10.2. The van der Waals surface area contributed by atoms with Gasteiger partial charge in [0.1, 0.15) is 5.82 Å². The van der Waals surface area contributed by atoms with Gasteiger partial charge in [-0.05, 0) is 55.0 Å². The number of ether oxygens (including phenoxy) is 2. The summed E-state index contributed by atoms with van der Waals surface area (Å²) in [5, 5.41) is 5.86. The third-order valence-corrected chi connectivity index (χ3v) is 6.24. The van der Waals surface area contributed by atoms with Gasteiger partial charge in [0.05, 0.1) is 24.5 Å². The second-order valence-corrected chi connectivity index (χ2v) is 8.63. The van der Waals surface area contributed by atoms with Crippen molar-refractivity contribution in [2.75, 3.05) is 24.9 Å². The van der Waals surface area contributed by atoms with Gasteiger partial charge in [-0.25, -0.2) is 4.98 Å². The second-order valence-electron chi connectivity index (χ2n) is 6.92. The monoisotopic (exact) mass is 485 g/mol. The highest BCUT2D eigenvalue weighted by Gasteiger charge is 2.19. The topological polar surface area (TPSA) is 89.5 Å². The van der Waals surface area contributed by atoms with Gasteiger partial charge in [-0.15, -0.1) is 11.8 Å². The number of rotatable bonds is 9. The van der Waals surface area contributed by atoms with Gasteiger partial charge in [0.25, 0.3) is 5.91 Å². The Bertz CT molecular complexity index is 1120. The third kappa shape index (κ3) is 6.63. The number of carbonyl (C=O) groups is 2. The highest BCUT2D eigenvalue weighted by Crippen LogP contribution is 2.30. The van der Waals surface area contributed by atoms with E-state index in [0.717, 1.165) is 4.90 Å². The Labute approximate surface area is 201 Å². The number of pyridine rings is 1. The smallest absolute Gasteiger partial charge is 0.255 e. The minimum atomic E-state index is -0.334. The van der Waals surface area contributed by atoms with Crippen LogP contribution in [0, 0.1) is 0 Å². The molecule has 2 N–H and O–H groups in total. The fourth-order valence-electron chi connectivity index (χ4n) is 2.97. The van der Waals surface area contributed by atoms with Crippen molar-refractivity contribution in [3.8, 4) is 11.5 Å². The van der Waals surface area contributed by atoms with E-state index in [4.69, 9.17) is 21.1 Å². The molecule has 2 amide bonds. The van der Waals surface area contributed by atoms with Crippen LogP contribution < -0.4 is 20.1 Å². The first-order chi connectivity index (χ1) is 15.9. The first-order valence-corrected chi connectivity index (χ1v) is 11.4. The third-order valence-electron chi connectivity index (χ3n) is 4.66. The van der Waals surface area contributed by atoms with Crippen molar-refractivity contribution in [3.05, 3.63) is 71.4 Å². The SMILES string of the molecule is CCC(Sc1cccc(NC(=O)c2ccc(OC)c(OC)c2)c1)C(=O)Nc1ccc(Cl)cn1. The van der Waals surface area contributed by atoms with Crippen molar-refractivity contribution in [2.24, 2.45) is 0 Å². The Kier molecular flexibility index (Phi) is 8.57. The maximum atomic E-state index is 12.7. The molecule has 33 heavy (non-hydrogen) atoms. The lowest BCUT2D eigenvalue weighted by molar-refractivity contribution is -0.115. The predicted octanol–water partition coefficient (Wildman–Crippen LogP) is 5.51. The molecule has 1 aromatic heterocycles. The van der Waals surface area contributed by atoms with Gasteiger partial charge in [0.15, 0.2) is 11.5 Å². The molecule has 0 aliphatic heterocycles. The standard InChI is InChI=1S/C24H24ClN3O4S/c1-4-21(24(30)28-22-11-9-16(25)14-26-22)33-18-7-5-6-17(13-18)27-23(29)15-8-10-19(31-2)20(12-15)32-3/h5-14,21H,4H2,1-3H3,(H,27,29)(H,26,28,30). The van der Waals surface area contributed by atoms with Crippen LogP contribution in [0.2, 0.25) is 5.02 Å². The number of methoxy groups -OCH3 is 2. The minimum Gasteiger partial charge on any atom is -0.493 e. The van der Waals surface area contributed by atoms with E-state index >= 15 is 0 Å². The maximum absolute atomic E-state index is 12.7. The number of hydrogen-bond acceptors (Lipinski definition) is 6. The Morgan fingerprint density at radius 3 is 2.48 bits per heavy atom. The van der Waals surface area contributed by atoms with Crippen LogP contribution in [0.1, 0.15) is 23.7 Å². The summed E-state index contributed by atoms with van der Waals surface area (Å²) in [5.74, 6) is 1.03. The molecule has 0 fully saturated rings. The largest absolute Gasteiger partial charge is 0.493 e. The molecular weight excluding hydrogens is 462 g/mol. The molecule has 0 radical (unpaired) electrons. The van der Waals surface area contributed by atoms with E-state index in [0.29, 0.717) is 40.0 Å². The van der Waals surface area contributed by atoms with E-state index in [1.807, 2.05) is 25.1 Å². The summed E-state index contributed by atoms with van der Waals surface area (Å²) >= 11 is 7.26. The van der Waals surface area contributed by atoms with Crippen LogP contribution in [0.15, 0.2) is 65.7 Å². The van der Waals surface area contributed by atoms with Crippen LogP contribution in [0.25, 0.3) is 0 Å². The molecule has 2 aromatic carbocycles. The van der Waals surface area contributed by atoms with Crippen LogP contribution in [-0.2, 0) is 4.79 Å². The fraction of sp³-hybridized carbons (Fsp3) is 0.208. The molecule has 0 saturated heterocycles. The number of benzene rings is 2. The normalized spacial score (nSPS) is 11.4. The van der Waals surface area contributed by atoms with Crippen LogP contribution in [0.5, 0.6) is 11.5 Å². The van der Waals surface area contributed by atoms with Gasteiger partial charge in [0.2, 0.25) is 5.91 Å². The second kappa shape index (κ2) is 11.6. The molecule has 3 rings (SSSR count). The number of thioether (sulfide) groups is 1. The molecule has 7 nitrogen and oxygen atoms in total. The first-order valence-electron chi connectivity index (χ1n) is 10.2. The average molecular weight is 486 g/mol. The van der Waals surface area contributed by atoms with Crippen molar-refractivity contribution in [1.82, 2.24) is 4.98 Å². The van der Waals surface area contributed by atoms with Crippen LogP contribution in [0.3, 0.4) is 0 Å². The number of anilines is 2. The van der Waals surface area contributed by atoms with Gasteiger partial charge in [0, 0.05) is 22.3 Å². The zero-order valence-corrected chi connectivity index (χ0v) is 20.0. The highest BCUT2D eigenvalue weighted by atomic mass is 35.5. The Morgan fingerprint density at radius 2 is 1.82 bits per heavy atom. The quantitative estimate of drug-likeness (QED) is 0.388. The highest BCUT2D eigenvalue weighted by molar-refractivity contribution is 8.00. The van der Waals surface area contributed by atoms with Crippen LogP contribution in [-0.4, -0.2) is 36.3 Å². The summed E-state index contributed by atoms with van der Waals surface area (Å²) in [6, 6.07) is 15.6. The molecule has 172 valence electrons. The molecule has 1 unspecified atom stereocenters.